The summed E-state index contributed by atoms with van der Waals surface area (Å²) in [6.07, 6.45) is 3.59. The lowest BCUT2D eigenvalue weighted by Gasteiger charge is -2.27. The molecule has 7 nitrogen and oxygen atoms in total. The molecule has 148 valence electrons. The van der Waals surface area contributed by atoms with Gasteiger partial charge in [-0.1, -0.05) is 18.2 Å². The van der Waals surface area contributed by atoms with Crippen LogP contribution in [0.4, 0.5) is 5.69 Å². The number of carboxylic acids is 1. The number of hydrogen-bond acceptors (Lipinski definition) is 6. The van der Waals surface area contributed by atoms with Crippen LogP contribution in [0.15, 0.2) is 24.3 Å². The molecule has 27 heavy (non-hydrogen) atoms. The number of nitrogens with one attached hydrogen (secondary N) is 1. The Kier molecular flexibility index (Phi) is 8.12. The van der Waals surface area contributed by atoms with Gasteiger partial charge in [-0.15, -0.1) is 0 Å². The zero-order valence-electron chi connectivity index (χ0n) is 15.6. The molecule has 2 rings (SSSR count). The predicted octanol–water partition coefficient (Wildman–Crippen LogP) is 1.69. The molecule has 1 aromatic carbocycles. The second-order valence-electron chi connectivity index (χ2n) is 6.29. The van der Waals surface area contributed by atoms with E-state index in [4.69, 9.17) is 4.74 Å². The summed E-state index contributed by atoms with van der Waals surface area (Å²) < 4.78 is 5.13. The number of thioether (sulfide) groups is 1. The topological polar surface area (TPSA) is 95.9 Å². The Labute approximate surface area is 163 Å². The summed E-state index contributed by atoms with van der Waals surface area (Å²) in [5.74, 6) is -1.05. The third-order valence-corrected chi connectivity index (χ3v) is 5.07. The standard InChI is InChI=1S/C19H26N2O5S/c1-3-26-19(25)15(10-11-27-2)20-14-9-8-13-6-4-5-7-16(13)21(18(14)24)12-17(22)23/h4-7,14-15,20H,3,8-12H2,1-2H3,(H,22,23)/t14-,15-/m0/s1. The summed E-state index contributed by atoms with van der Waals surface area (Å²) >= 11 is 1.61. The van der Waals surface area contributed by atoms with E-state index in [0.29, 0.717) is 24.9 Å². The summed E-state index contributed by atoms with van der Waals surface area (Å²) in [7, 11) is 0. The number of hydrogen-bond donors (Lipinski definition) is 2. The number of esters is 1. The summed E-state index contributed by atoms with van der Waals surface area (Å²) in [6.45, 7) is 1.60. The van der Waals surface area contributed by atoms with E-state index in [1.54, 1.807) is 30.8 Å². The minimum atomic E-state index is -1.08. The molecule has 1 aromatic rings. The van der Waals surface area contributed by atoms with E-state index >= 15 is 0 Å². The lowest BCUT2D eigenvalue weighted by Crippen LogP contribution is -2.53. The molecule has 0 aromatic heterocycles. The van der Waals surface area contributed by atoms with Crippen LogP contribution in [0.25, 0.3) is 0 Å². The number of aliphatic carboxylic acids is 1. The van der Waals surface area contributed by atoms with Gasteiger partial charge < -0.3 is 9.84 Å². The largest absolute Gasteiger partial charge is 0.480 e. The van der Waals surface area contributed by atoms with Gasteiger partial charge in [0, 0.05) is 5.69 Å². The number of fused-ring (bicyclic) bond motifs is 1. The molecule has 1 amide bonds. The first-order valence-corrected chi connectivity index (χ1v) is 10.4. The fraction of sp³-hybridized carbons (Fsp3) is 0.526. The molecule has 8 heteroatoms. The van der Waals surface area contributed by atoms with Crippen LogP contribution in [0, 0.1) is 0 Å². The maximum atomic E-state index is 13.1. The van der Waals surface area contributed by atoms with Gasteiger partial charge in [0.15, 0.2) is 0 Å². The van der Waals surface area contributed by atoms with Crippen molar-refractivity contribution < 1.29 is 24.2 Å². The zero-order valence-corrected chi connectivity index (χ0v) is 16.5. The van der Waals surface area contributed by atoms with Crippen molar-refractivity contribution in [2.75, 3.05) is 30.1 Å². The van der Waals surface area contributed by atoms with Gasteiger partial charge in [-0.25, -0.2) is 0 Å². The Hall–Kier alpha value is -2.06. The summed E-state index contributed by atoms with van der Waals surface area (Å²) in [4.78, 5) is 38.0. The maximum Gasteiger partial charge on any atom is 0.323 e. The first-order valence-electron chi connectivity index (χ1n) is 9.00. The van der Waals surface area contributed by atoms with Crippen molar-refractivity contribution in [3.05, 3.63) is 29.8 Å². The van der Waals surface area contributed by atoms with Gasteiger partial charge >= 0.3 is 11.9 Å². The molecule has 0 radical (unpaired) electrons. The van der Waals surface area contributed by atoms with Gasteiger partial charge in [-0.3, -0.25) is 24.6 Å². The van der Waals surface area contributed by atoms with E-state index in [-0.39, 0.29) is 18.5 Å². The number of carboxylic acid groups (broad SMARTS) is 1. The predicted molar refractivity (Wildman–Crippen MR) is 105 cm³/mol. The number of amides is 1. The van der Waals surface area contributed by atoms with Gasteiger partial charge in [0.2, 0.25) is 5.91 Å². The van der Waals surface area contributed by atoms with E-state index in [0.717, 1.165) is 11.3 Å². The Morgan fingerprint density at radius 1 is 1.41 bits per heavy atom. The highest BCUT2D eigenvalue weighted by Gasteiger charge is 2.34. The van der Waals surface area contributed by atoms with Crippen LogP contribution in [0.1, 0.15) is 25.3 Å². The molecule has 0 fully saturated rings. The van der Waals surface area contributed by atoms with Crippen molar-refractivity contribution in [3.8, 4) is 0 Å². The third kappa shape index (κ3) is 5.71. The third-order valence-electron chi connectivity index (χ3n) is 4.43. The Bertz CT molecular complexity index is 682. The normalized spacial score (nSPS) is 17.8. The van der Waals surface area contributed by atoms with Gasteiger partial charge in [0.25, 0.3) is 0 Å². The summed E-state index contributed by atoms with van der Waals surface area (Å²) in [6, 6.07) is 6.07. The number of carbonyl (C=O) groups excluding carboxylic acids is 2. The number of para-hydroxylation sites is 1. The molecule has 0 saturated carbocycles. The Morgan fingerprint density at radius 2 is 2.15 bits per heavy atom. The Morgan fingerprint density at radius 3 is 2.81 bits per heavy atom. The van der Waals surface area contributed by atoms with Crippen LogP contribution in [0.2, 0.25) is 0 Å². The fourth-order valence-electron chi connectivity index (χ4n) is 3.16. The van der Waals surface area contributed by atoms with Crippen LogP contribution >= 0.6 is 11.8 Å². The molecule has 0 saturated heterocycles. The number of rotatable bonds is 9. The molecule has 0 aliphatic carbocycles. The second-order valence-corrected chi connectivity index (χ2v) is 7.28. The van der Waals surface area contributed by atoms with Crippen LogP contribution in [0.3, 0.4) is 0 Å². The maximum absolute atomic E-state index is 13.1. The molecule has 0 unspecified atom stereocenters. The van der Waals surface area contributed by atoms with E-state index in [1.807, 2.05) is 18.4 Å². The number of carbonyl (C=O) groups is 3. The van der Waals surface area contributed by atoms with Gasteiger partial charge in [-0.05, 0) is 49.8 Å². The average Bonchev–Trinajstić information content (AvgIpc) is 2.77. The van der Waals surface area contributed by atoms with Gasteiger partial charge in [0.05, 0.1) is 12.6 Å². The first kappa shape index (κ1) is 21.2. The number of anilines is 1. The zero-order chi connectivity index (χ0) is 19.8. The van der Waals surface area contributed by atoms with Crippen molar-refractivity contribution >= 4 is 35.3 Å². The molecule has 1 aliphatic rings. The van der Waals surface area contributed by atoms with Crippen molar-refractivity contribution in [2.24, 2.45) is 0 Å². The van der Waals surface area contributed by atoms with Crippen molar-refractivity contribution in [1.82, 2.24) is 5.32 Å². The lowest BCUT2D eigenvalue weighted by molar-refractivity contribution is -0.146. The Balaban J connectivity index is 2.24. The SMILES string of the molecule is CCOC(=O)[C@H](CCSC)N[C@H]1CCc2ccccc2N(CC(=O)O)C1=O. The highest BCUT2D eigenvalue weighted by Crippen LogP contribution is 2.27. The molecule has 2 atom stereocenters. The summed E-state index contributed by atoms with van der Waals surface area (Å²) in [5.41, 5.74) is 1.54. The molecular weight excluding hydrogens is 368 g/mol. The van der Waals surface area contributed by atoms with Gasteiger partial charge in [0.1, 0.15) is 12.6 Å². The fourth-order valence-corrected chi connectivity index (χ4v) is 3.63. The smallest absolute Gasteiger partial charge is 0.323 e. The number of aryl methyl sites for hydroxylation is 1. The van der Waals surface area contributed by atoms with Crippen LogP contribution in [-0.2, 0) is 25.5 Å². The quantitative estimate of drug-likeness (QED) is 0.615. The molecular formula is C19H26N2O5S. The summed E-state index contributed by atoms with van der Waals surface area (Å²) in [5, 5.41) is 12.4. The second kappa shape index (κ2) is 10.3. The van der Waals surface area contributed by atoms with E-state index in [9.17, 15) is 19.5 Å². The van der Waals surface area contributed by atoms with Crippen molar-refractivity contribution in [1.29, 1.82) is 0 Å². The van der Waals surface area contributed by atoms with Crippen LogP contribution < -0.4 is 10.2 Å². The molecule has 1 heterocycles. The average molecular weight is 394 g/mol. The highest BCUT2D eigenvalue weighted by molar-refractivity contribution is 7.98. The molecule has 1 aliphatic heterocycles. The lowest BCUT2D eigenvalue weighted by atomic mass is 10.0. The van der Waals surface area contributed by atoms with E-state index in [2.05, 4.69) is 5.32 Å². The molecule has 0 bridgehead atoms. The minimum absolute atomic E-state index is 0.269. The highest BCUT2D eigenvalue weighted by atomic mass is 32.2. The number of benzene rings is 1. The minimum Gasteiger partial charge on any atom is -0.480 e. The van der Waals surface area contributed by atoms with Crippen molar-refractivity contribution in [3.63, 3.8) is 0 Å². The molecule has 2 N–H and O–H groups in total. The molecule has 0 spiro atoms. The first-order chi connectivity index (χ1) is 13.0. The number of nitrogens with zero attached hydrogens (tertiary/aromatic N) is 1. The van der Waals surface area contributed by atoms with Crippen molar-refractivity contribution in [2.45, 2.75) is 38.3 Å². The number of ether oxygens (including phenoxy) is 1. The van der Waals surface area contributed by atoms with Gasteiger partial charge in [-0.2, -0.15) is 11.8 Å². The van der Waals surface area contributed by atoms with Crippen LogP contribution in [0.5, 0.6) is 0 Å². The van der Waals surface area contributed by atoms with Crippen LogP contribution in [-0.4, -0.2) is 60.2 Å². The van der Waals surface area contributed by atoms with E-state index in [1.165, 1.54) is 4.90 Å². The van der Waals surface area contributed by atoms with E-state index < -0.39 is 24.6 Å². The monoisotopic (exact) mass is 394 g/mol.